The first-order valence-electron chi connectivity index (χ1n) is 9.29. The van der Waals surface area contributed by atoms with Gasteiger partial charge in [0.25, 0.3) is 5.91 Å². The van der Waals surface area contributed by atoms with Crippen LogP contribution in [-0.4, -0.2) is 33.2 Å². The normalized spacial score (nSPS) is 18.2. The number of aromatic nitrogens is 2. The van der Waals surface area contributed by atoms with Crippen LogP contribution in [0.3, 0.4) is 0 Å². The molecule has 3 rings (SSSR count). The number of carbonyl (C=O) groups is 1. The third-order valence-electron chi connectivity index (χ3n) is 5.09. The lowest BCUT2D eigenvalue weighted by atomic mass is 10.0. The Hall–Kier alpha value is -2.14. The number of aryl methyl sites for hydroxylation is 1. The summed E-state index contributed by atoms with van der Waals surface area (Å²) in [5.41, 5.74) is 3.11. The molecular weight excluding hydrogens is 312 g/mol. The van der Waals surface area contributed by atoms with Gasteiger partial charge in [-0.05, 0) is 44.4 Å². The van der Waals surface area contributed by atoms with E-state index >= 15 is 0 Å². The summed E-state index contributed by atoms with van der Waals surface area (Å²) in [4.78, 5) is 14.9. The van der Waals surface area contributed by atoms with Gasteiger partial charge in [-0.25, -0.2) is 0 Å². The van der Waals surface area contributed by atoms with Crippen molar-refractivity contribution in [1.82, 2.24) is 20.0 Å². The van der Waals surface area contributed by atoms with Crippen LogP contribution in [0.25, 0.3) is 0 Å². The molecule has 0 saturated carbocycles. The Bertz CT molecular complexity index is 709. The van der Waals surface area contributed by atoms with Gasteiger partial charge in [-0.15, -0.1) is 0 Å². The van der Waals surface area contributed by atoms with E-state index in [1.165, 1.54) is 30.4 Å². The highest BCUT2D eigenvalue weighted by Gasteiger charge is 2.19. The Morgan fingerprint density at radius 3 is 2.80 bits per heavy atom. The molecule has 1 unspecified atom stereocenters. The van der Waals surface area contributed by atoms with Crippen molar-refractivity contribution in [3.8, 4) is 0 Å². The highest BCUT2D eigenvalue weighted by molar-refractivity contribution is 5.93. The van der Waals surface area contributed by atoms with E-state index in [4.69, 9.17) is 0 Å². The lowest BCUT2D eigenvalue weighted by Gasteiger charge is -2.33. The Morgan fingerprint density at radius 2 is 2.08 bits per heavy atom. The van der Waals surface area contributed by atoms with Gasteiger partial charge in [0.15, 0.2) is 0 Å². The Morgan fingerprint density at radius 1 is 1.28 bits per heavy atom. The molecule has 5 nitrogen and oxygen atoms in total. The predicted molar refractivity (Wildman–Crippen MR) is 99.2 cm³/mol. The van der Waals surface area contributed by atoms with Crippen molar-refractivity contribution in [3.63, 3.8) is 0 Å². The van der Waals surface area contributed by atoms with Gasteiger partial charge in [-0.2, -0.15) is 5.10 Å². The second-order valence-electron chi connectivity index (χ2n) is 6.85. The number of hydrogen-bond donors (Lipinski definition) is 1. The minimum atomic E-state index is -0.0687. The molecule has 0 bridgehead atoms. The maximum Gasteiger partial charge on any atom is 0.254 e. The summed E-state index contributed by atoms with van der Waals surface area (Å²) in [7, 11) is 0. The zero-order valence-corrected chi connectivity index (χ0v) is 15.2. The molecule has 1 aromatic heterocycles. The summed E-state index contributed by atoms with van der Waals surface area (Å²) >= 11 is 0. The number of nitrogens with zero attached hydrogens (tertiary/aromatic N) is 3. The van der Waals surface area contributed by atoms with E-state index in [-0.39, 0.29) is 5.91 Å². The fourth-order valence-corrected chi connectivity index (χ4v) is 3.43. The zero-order valence-electron chi connectivity index (χ0n) is 15.2. The molecule has 1 amide bonds. The Labute approximate surface area is 150 Å². The summed E-state index contributed by atoms with van der Waals surface area (Å²) < 4.78 is 1.76. The molecule has 134 valence electrons. The Balaban J connectivity index is 1.63. The van der Waals surface area contributed by atoms with E-state index in [2.05, 4.69) is 40.4 Å². The van der Waals surface area contributed by atoms with E-state index < -0.39 is 0 Å². The van der Waals surface area contributed by atoms with Crippen molar-refractivity contribution < 1.29 is 4.79 Å². The van der Waals surface area contributed by atoms with Gasteiger partial charge < -0.3 is 5.32 Å². The smallest absolute Gasteiger partial charge is 0.254 e. The third kappa shape index (κ3) is 4.48. The van der Waals surface area contributed by atoms with Crippen molar-refractivity contribution in [1.29, 1.82) is 0 Å². The molecule has 2 aromatic rings. The van der Waals surface area contributed by atoms with Crippen molar-refractivity contribution in [2.45, 2.75) is 58.8 Å². The summed E-state index contributed by atoms with van der Waals surface area (Å²) in [5.74, 6) is -0.0687. The van der Waals surface area contributed by atoms with Gasteiger partial charge in [0.1, 0.15) is 0 Å². The monoisotopic (exact) mass is 340 g/mol. The highest BCUT2D eigenvalue weighted by atomic mass is 16.1. The molecule has 5 heteroatoms. The molecule has 1 aromatic carbocycles. The fraction of sp³-hybridized carbons (Fsp3) is 0.500. The van der Waals surface area contributed by atoms with Crippen LogP contribution in [0.2, 0.25) is 0 Å². The topological polar surface area (TPSA) is 50.2 Å². The predicted octanol–water partition coefficient (Wildman–Crippen LogP) is 3.21. The van der Waals surface area contributed by atoms with Gasteiger partial charge in [0, 0.05) is 31.9 Å². The van der Waals surface area contributed by atoms with Crippen LogP contribution >= 0.6 is 0 Å². The number of carbonyl (C=O) groups excluding carboxylic acids is 1. The standard InChI is InChI=1S/C20H28N4O/c1-3-24-15-19(13-22-24)20(25)21-12-17-9-4-5-10-18(17)14-23-11-7-6-8-16(23)2/h4-5,9-10,13,15-16H,3,6-8,11-12,14H2,1-2H3,(H,21,25). The number of benzene rings is 1. The van der Waals surface area contributed by atoms with Crippen LogP contribution < -0.4 is 5.32 Å². The number of rotatable bonds is 6. The van der Waals surface area contributed by atoms with Crippen LogP contribution in [0.15, 0.2) is 36.7 Å². The van der Waals surface area contributed by atoms with Crippen LogP contribution in [0.4, 0.5) is 0 Å². The van der Waals surface area contributed by atoms with Crippen molar-refractivity contribution in [2.75, 3.05) is 6.54 Å². The number of likely N-dealkylation sites (tertiary alicyclic amines) is 1. The average molecular weight is 340 g/mol. The second-order valence-corrected chi connectivity index (χ2v) is 6.85. The average Bonchev–Trinajstić information content (AvgIpc) is 3.12. The molecule has 1 aliphatic heterocycles. The van der Waals surface area contributed by atoms with Gasteiger partial charge in [0.05, 0.1) is 11.8 Å². The molecule has 0 radical (unpaired) electrons. The van der Waals surface area contributed by atoms with Gasteiger partial charge in [-0.3, -0.25) is 14.4 Å². The van der Waals surface area contributed by atoms with E-state index in [0.717, 1.165) is 19.6 Å². The first-order chi connectivity index (χ1) is 12.2. The van der Waals surface area contributed by atoms with Crippen LogP contribution in [0.5, 0.6) is 0 Å². The van der Waals surface area contributed by atoms with Crippen LogP contribution in [-0.2, 0) is 19.6 Å². The molecule has 1 atom stereocenters. The minimum Gasteiger partial charge on any atom is -0.348 e. The Kier molecular flexibility index (Phi) is 5.87. The molecule has 25 heavy (non-hydrogen) atoms. The quantitative estimate of drug-likeness (QED) is 0.878. The molecular formula is C20H28N4O. The van der Waals surface area contributed by atoms with Gasteiger partial charge >= 0.3 is 0 Å². The maximum absolute atomic E-state index is 12.3. The molecule has 1 saturated heterocycles. The van der Waals surface area contributed by atoms with Crippen molar-refractivity contribution >= 4 is 5.91 Å². The highest BCUT2D eigenvalue weighted by Crippen LogP contribution is 2.20. The summed E-state index contributed by atoms with van der Waals surface area (Å²) in [6, 6.07) is 9.05. The van der Waals surface area contributed by atoms with Crippen molar-refractivity contribution in [2.24, 2.45) is 0 Å². The van der Waals surface area contributed by atoms with E-state index in [0.29, 0.717) is 18.2 Å². The second kappa shape index (κ2) is 8.30. The molecule has 2 heterocycles. The van der Waals surface area contributed by atoms with E-state index in [1.807, 2.05) is 13.0 Å². The largest absolute Gasteiger partial charge is 0.348 e. The number of piperidine rings is 1. The summed E-state index contributed by atoms with van der Waals surface area (Å²) in [6.07, 6.45) is 7.31. The summed E-state index contributed by atoms with van der Waals surface area (Å²) in [5, 5.41) is 7.19. The van der Waals surface area contributed by atoms with E-state index in [1.54, 1.807) is 17.1 Å². The molecule has 1 aliphatic rings. The SMILES string of the molecule is CCn1cc(C(=O)NCc2ccccc2CN2CCCCC2C)cn1. The molecule has 0 aliphatic carbocycles. The maximum atomic E-state index is 12.3. The number of amides is 1. The molecule has 0 spiro atoms. The third-order valence-corrected chi connectivity index (χ3v) is 5.09. The van der Waals surface area contributed by atoms with Gasteiger partial charge in [0.2, 0.25) is 0 Å². The number of nitrogens with one attached hydrogen (secondary N) is 1. The lowest BCUT2D eigenvalue weighted by Crippen LogP contribution is -2.37. The molecule has 1 N–H and O–H groups in total. The lowest BCUT2D eigenvalue weighted by molar-refractivity contribution is 0.0950. The first-order valence-corrected chi connectivity index (χ1v) is 9.29. The van der Waals surface area contributed by atoms with E-state index in [9.17, 15) is 4.79 Å². The molecule has 1 fully saturated rings. The minimum absolute atomic E-state index is 0.0687. The zero-order chi connectivity index (χ0) is 17.6. The first kappa shape index (κ1) is 17.7. The fourth-order valence-electron chi connectivity index (χ4n) is 3.43. The number of hydrogen-bond acceptors (Lipinski definition) is 3. The van der Waals surface area contributed by atoms with Gasteiger partial charge in [-0.1, -0.05) is 30.7 Å². The van der Waals surface area contributed by atoms with Crippen LogP contribution in [0.1, 0.15) is 54.6 Å². The summed E-state index contributed by atoms with van der Waals surface area (Å²) in [6.45, 7) is 7.76. The van der Waals surface area contributed by atoms with Crippen molar-refractivity contribution in [3.05, 3.63) is 53.3 Å². The van der Waals surface area contributed by atoms with Crippen LogP contribution in [0, 0.1) is 0 Å².